The molecule has 4 heteroatoms. The average molecular weight is 301 g/mol. The van der Waals surface area contributed by atoms with Crippen LogP contribution in [0, 0.1) is 0 Å². The minimum Gasteiger partial charge on any atom is -0.384 e. The number of hydrogen-bond donors (Lipinski definition) is 2. The Kier molecular flexibility index (Phi) is 4.39. The maximum atomic E-state index is 11.8. The van der Waals surface area contributed by atoms with Crippen molar-refractivity contribution in [2.24, 2.45) is 5.73 Å². The summed E-state index contributed by atoms with van der Waals surface area (Å²) in [4.78, 5) is 14.4. The smallest absolute Gasteiger partial charge is 0.248 e. The molecule has 1 aliphatic carbocycles. The molecule has 3 N–H and O–H groups in total. The van der Waals surface area contributed by atoms with Crippen molar-refractivity contribution in [3.05, 3.63) is 28.8 Å². The van der Waals surface area contributed by atoms with Crippen LogP contribution in [0.15, 0.2) is 12.1 Å². The molecule has 1 aliphatic heterocycles. The maximum absolute atomic E-state index is 11.8. The highest BCUT2D eigenvalue weighted by Crippen LogP contribution is 2.43. The minimum atomic E-state index is -0.290. The number of benzene rings is 1. The lowest BCUT2D eigenvalue weighted by Crippen LogP contribution is -2.42. The standard InChI is InChI=1S/C18H27N3O/c1-3-7-21(8-4-2)13-9-12-11-20-16-6-5-14(18(19)22)15(10-13)17(12)16/h5-6,12-13,20H,3-4,7-11H2,1-2H3,(H2,19,22). The van der Waals surface area contributed by atoms with E-state index in [1.54, 1.807) is 0 Å². The van der Waals surface area contributed by atoms with Crippen LogP contribution in [0.2, 0.25) is 0 Å². The number of nitrogens with two attached hydrogens (primary N) is 1. The SMILES string of the molecule is CCCN(CCC)C1Cc2c(C(N)=O)ccc3c2C(CN3)C1. The molecule has 120 valence electrons. The lowest BCUT2D eigenvalue weighted by molar-refractivity contribution is 0.0997. The van der Waals surface area contributed by atoms with Crippen LogP contribution >= 0.6 is 0 Å². The third-order valence-electron chi connectivity index (χ3n) is 5.10. The van der Waals surface area contributed by atoms with Crippen LogP contribution in [-0.4, -0.2) is 36.5 Å². The van der Waals surface area contributed by atoms with Crippen molar-refractivity contribution < 1.29 is 4.79 Å². The Morgan fingerprint density at radius 2 is 2.05 bits per heavy atom. The molecule has 0 radical (unpaired) electrons. The van der Waals surface area contributed by atoms with E-state index in [0.29, 0.717) is 12.0 Å². The van der Waals surface area contributed by atoms with Crippen molar-refractivity contribution >= 4 is 11.6 Å². The first-order chi connectivity index (χ1) is 10.7. The number of rotatable bonds is 6. The summed E-state index contributed by atoms with van der Waals surface area (Å²) in [6, 6.07) is 4.46. The fourth-order valence-electron chi connectivity index (χ4n) is 4.25. The summed E-state index contributed by atoms with van der Waals surface area (Å²) in [5.74, 6) is 0.237. The molecule has 1 amide bonds. The minimum absolute atomic E-state index is 0.290. The molecule has 0 aromatic heterocycles. The van der Waals surface area contributed by atoms with E-state index in [0.717, 1.165) is 31.6 Å². The van der Waals surface area contributed by atoms with Gasteiger partial charge in [0.25, 0.3) is 0 Å². The zero-order valence-corrected chi connectivity index (χ0v) is 13.7. The fourth-order valence-corrected chi connectivity index (χ4v) is 4.25. The van der Waals surface area contributed by atoms with Gasteiger partial charge in [-0.1, -0.05) is 13.8 Å². The van der Waals surface area contributed by atoms with Gasteiger partial charge in [-0.2, -0.15) is 0 Å². The van der Waals surface area contributed by atoms with Crippen LogP contribution in [0.3, 0.4) is 0 Å². The van der Waals surface area contributed by atoms with Gasteiger partial charge < -0.3 is 16.0 Å². The Morgan fingerprint density at radius 3 is 2.68 bits per heavy atom. The summed E-state index contributed by atoms with van der Waals surface area (Å²) in [5, 5.41) is 3.50. The predicted octanol–water partition coefficient (Wildman–Crippen LogP) is 2.73. The average Bonchev–Trinajstić information content (AvgIpc) is 2.91. The van der Waals surface area contributed by atoms with Crippen LogP contribution in [0.25, 0.3) is 0 Å². The summed E-state index contributed by atoms with van der Waals surface area (Å²) >= 11 is 0. The van der Waals surface area contributed by atoms with Crippen molar-refractivity contribution in [3.8, 4) is 0 Å². The molecule has 2 atom stereocenters. The Hall–Kier alpha value is -1.55. The Morgan fingerprint density at radius 1 is 1.32 bits per heavy atom. The van der Waals surface area contributed by atoms with Crippen molar-refractivity contribution in [1.29, 1.82) is 0 Å². The van der Waals surface area contributed by atoms with Gasteiger partial charge >= 0.3 is 0 Å². The monoisotopic (exact) mass is 301 g/mol. The first kappa shape index (κ1) is 15.3. The summed E-state index contributed by atoms with van der Waals surface area (Å²) in [5.41, 5.74) is 10.1. The normalized spacial score (nSPS) is 22.5. The fraction of sp³-hybridized carbons (Fsp3) is 0.611. The molecular formula is C18H27N3O. The number of primary amides is 1. The number of amides is 1. The van der Waals surface area contributed by atoms with Gasteiger partial charge in [0.05, 0.1) is 0 Å². The second kappa shape index (κ2) is 6.29. The van der Waals surface area contributed by atoms with E-state index >= 15 is 0 Å². The van der Waals surface area contributed by atoms with Crippen LogP contribution < -0.4 is 11.1 Å². The van der Waals surface area contributed by atoms with E-state index < -0.39 is 0 Å². The van der Waals surface area contributed by atoms with E-state index in [-0.39, 0.29) is 5.91 Å². The number of hydrogen-bond acceptors (Lipinski definition) is 3. The maximum Gasteiger partial charge on any atom is 0.248 e. The summed E-state index contributed by atoms with van der Waals surface area (Å²) in [7, 11) is 0. The molecule has 4 nitrogen and oxygen atoms in total. The third kappa shape index (κ3) is 2.60. The molecule has 0 saturated carbocycles. The second-order valence-corrected chi connectivity index (χ2v) is 6.62. The summed E-state index contributed by atoms with van der Waals surface area (Å²) < 4.78 is 0. The molecule has 0 bridgehead atoms. The molecule has 1 aromatic carbocycles. The van der Waals surface area contributed by atoms with Crippen molar-refractivity contribution in [2.75, 3.05) is 25.0 Å². The van der Waals surface area contributed by atoms with Gasteiger partial charge in [-0.3, -0.25) is 4.79 Å². The van der Waals surface area contributed by atoms with Crippen LogP contribution in [0.1, 0.15) is 60.5 Å². The topological polar surface area (TPSA) is 58.4 Å². The first-order valence-electron chi connectivity index (χ1n) is 8.59. The van der Waals surface area contributed by atoms with E-state index in [9.17, 15) is 4.79 Å². The lowest BCUT2D eigenvalue weighted by atomic mass is 9.78. The van der Waals surface area contributed by atoms with E-state index in [1.807, 2.05) is 12.1 Å². The van der Waals surface area contributed by atoms with Gasteiger partial charge in [-0.05, 0) is 62.0 Å². The van der Waals surface area contributed by atoms with Gasteiger partial charge in [0, 0.05) is 29.8 Å². The van der Waals surface area contributed by atoms with Gasteiger partial charge in [0.1, 0.15) is 0 Å². The zero-order valence-electron chi connectivity index (χ0n) is 13.7. The van der Waals surface area contributed by atoms with Crippen molar-refractivity contribution in [2.45, 2.75) is 51.5 Å². The number of nitrogens with zero attached hydrogens (tertiary/aromatic N) is 1. The largest absolute Gasteiger partial charge is 0.384 e. The number of carbonyl (C=O) groups excluding carboxylic acids is 1. The third-order valence-corrected chi connectivity index (χ3v) is 5.10. The molecule has 0 spiro atoms. The van der Waals surface area contributed by atoms with Crippen LogP contribution in [0.5, 0.6) is 0 Å². The number of carbonyl (C=O) groups is 1. The number of nitrogens with one attached hydrogen (secondary N) is 1. The Bertz CT molecular complexity index is 564. The van der Waals surface area contributed by atoms with Gasteiger partial charge in [0.15, 0.2) is 0 Å². The quantitative estimate of drug-likeness (QED) is 0.849. The summed E-state index contributed by atoms with van der Waals surface area (Å²) in [6.45, 7) is 7.75. The van der Waals surface area contributed by atoms with Crippen molar-refractivity contribution in [3.63, 3.8) is 0 Å². The molecule has 0 fully saturated rings. The highest BCUT2D eigenvalue weighted by molar-refractivity contribution is 5.96. The van der Waals surface area contributed by atoms with Gasteiger partial charge in [-0.25, -0.2) is 0 Å². The first-order valence-corrected chi connectivity index (χ1v) is 8.59. The molecule has 22 heavy (non-hydrogen) atoms. The van der Waals surface area contributed by atoms with E-state index in [2.05, 4.69) is 24.1 Å². The highest BCUT2D eigenvalue weighted by atomic mass is 16.1. The molecule has 0 saturated heterocycles. The summed E-state index contributed by atoms with van der Waals surface area (Å²) in [6.07, 6.45) is 4.50. The van der Waals surface area contributed by atoms with E-state index in [1.165, 1.54) is 36.1 Å². The Balaban J connectivity index is 1.95. The lowest BCUT2D eigenvalue weighted by Gasteiger charge is -2.37. The van der Waals surface area contributed by atoms with Crippen LogP contribution in [0.4, 0.5) is 5.69 Å². The molecule has 2 unspecified atom stereocenters. The van der Waals surface area contributed by atoms with Gasteiger partial charge in [0.2, 0.25) is 5.91 Å². The van der Waals surface area contributed by atoms with Crippen LogP contribution in [-0.2, 0) is 6.42 Å². The van der Waals surface area contributed by atoms with Crippen molar-refractivity contribution in [1.82, 2.24) is 4.90 Å². The molecule has 1 heterocycles. The second-order valence-electron chi connectivity index (χ2n) is 6.62. The molecule has 1 aromatic rings. The molecule has 2 aliphatic rings. The van der Waals surface area contributed by atoms with Gasteiger partial charge in [-0.15, -0.1) is 0 Å². The van der Waals surface area contributed by atoms with E-state index in [4.69, 9.17) is 5.73 Å². The number of anilines is 1. The predicted molar refractivity (Wildman–Crippen MR) is 90.5 cm³/mol. The molecule has 3 rings (SSSR count). The highest BCUT2D eigenvalue weighted by Gasteiger charge is 2.36. The zero-order chi connectivity index (χ0) is 15.7. The molecular weight excluding hydrogens is 274 g/mol. The Labute approximate surface area is 133 Å².